The largest absolute Gasteiger partial charge is 0.240 e. The van der Waals surface area contributed by atoms with E-state index in [2.05, 4.69) is 4.72 Å². The minimum absolute atomic E-state index is 0.0194. The Morgan fingerprint density at radius 3 is 2.60 bits per heavy atom. The van der Waals surface area contributed by atoms with E-state index >= 15 is 0 Å². The van der Waals surface area contributed by atoms with E-state index in [0.717, 1.165) is 5.56 Å². The van der Waals surface area contributed by atoms with E-state index in [1.807, 2.05) is 0 Å². The van der Waals surface area contributed by atoms with Gasteiger partial charge in [0, 0.05) is 11.6 Å². The standard InChI is InChI=1S/C14H13ClFNO2S/c1-10-5-6-13(8-14(10)15)20(18,19)17-9-11-3-2-4-12(16)7-11/h2-8,17H,9H2,1H3. The van der Waals surface area contributed by atoms with Gasteiger partial charge in [-0.05, 0) is 42.3 Å². The molecule has 0 amide bonds. The van der Waals surface area contributed by atoms with Crippen LogP contribution < -0.4 is 4.72 Å². The predicted octanol–water partition coefficient (Wildman–Crippen LogP) is 3.27. The van der Waals surface area contributed by atoms with Crippen LogP contribution in [0.15, 0.2) is 47.4 Å². The van der Waals surface area contributed by atoms with E-state index in [0.29, 0.717) is 10.6 Å². The maximum atomic E-state index is 13.0. The van der Waals surface area contributed by atoms with Crippen LogP contribution in [0.5, 0.6) is 0 Å². The van der Waals surface area contributed by atoms with Gasteiger partial charge in [0.15, 0.2) is 0 Å². The van der Waals surface area contributed by atoms with Crippen LogP contribution in [0.3, 0.4) is 0 Å². The molecule has 0 spiro atoms. The fraction of sp³-hybridized carbons (Fsp3) is 0.143. The van der Waals surface area contributed by atoms with E-state index in [9.17, 15) is 12.8 Å². The highest BCUT2D eigenvalue weighted by molar-refractivity contribution is 7.89. The Kier molecular flexibility index (Phi) is 4.42. The first-order valence-corrected chi connectivity index (χ1v) is 7.75. The van der Waals surface area contributed by atoms with Crippen LogP contribution in [0.25, 0.3) is 0 Å². The van der Waals surface area contributed by atoms with Crippen LogP contribution in [0.4, 0.5) is 4.39 Å². The van der Waals surface area contributed by atoms with E-state index < -0.39 is 15.8 Å². The first-order chi connectivity index (χ1) is 9.38. The predicted molar refractivity (Wildman–Crippen MR) is 76.6 cm³/mol. The lowest BCUT2D eigenvalue weighted by Crippen LogP contribution is -2.23. The summed E-state index contributed by atoms with van der Waals surface area (Å²) in [6, 6.07) is 10.3. The van der Waals surface area contributed by atoms with Gasteiger partial charge in [0.2, 0.25) is 10.0 Å². The van der Waals surface area contributed by atoms with Crippen molar-refractivity contribution >= 4 is 21.6 Å². The molecule has 2 aromatic carbocycles. The molecule has 0 atom stereocenters. The lowest BCUT2D eigenvalue weighted by atomic mass is 10.2. The second-order valence-electron chi connectivity index (χ2n) is 4.37. The van der Waals surface area contributed by atoms with Crippen molar-refractivity contribution in [3.05, 3.63) is 64.4 Å². The van der Waals surface area contributed by atoms with Crippen molar-refractivity contribution in [2.24, 2.45) is 0 Å². The first-order valence-electron chi connectivity index (χ1n) is 5.89. The molecule has 0 unspecified atom stereocenters. The number of aryl methyl sites for hydroxylation is 1. The fourth-order valence-corrected chi connectivity index (χ4v) is 2.94. The third kappa shape index (κ3) is 3.56. The number of benzene rings is 2. The van der Waals surface area contributed by atoms with Crippen LogP contribution in [0, 0.1) is 12.7 Å². The normalized spacial score (nSPS) is 11.6. The molecule has 0 aliphatic heterocycles. The van der Waals surface area contributed by atoms with E-state index in [1.54, 1.807) is 19.1 Å². The quantitative estimate of drug-likeness (QED) is 0.941. The molecule has 0 fully saturated rings. The third-order valence-electron chi connectivity index (χ3n) is 2.81. The number of sulfonamides is 1. The Labute approximate surface area is 122 Å². The molecular formula is C14H13ClFNO2S. The second-order valence-corrected chi connectivity index (χ2v) is 6.54. The Hall–Kier alpha value is -1.43. The lowest BCUT2D eigenvalue weighted by molar-refractivity contribution is 0.580. The molecule has 0 heterocycles. The van der Waals surface area contributed by atoms with Crippen molar-refractivity contribution in [2.45, 2.75) is 18.4 Å². The zero-order valence-corrected chi connectivity index (χ0v) is 12.3. The van der Waals surface area contributed by atoms with Gasteiger partial charge in [-0.15, -0.1) is 0 Å². The van der Waals surface area contributed by atoms with Gasteiger partial charge >= 0.3 is 0 Å². The average molecular weight is 314 g/mol. The van der Waals surface area contributed by atoms with Crippen molar-refractivity contribution in [1.29, 1.82) is 0 Å². The molecule has 0 bridgehead atoms. The van der Waals surface area contributed by atoms with Crippen molar-refractivity contribution < 1.29 is 12.8 Å². The molecule has 2 rings (SSSR count). The monoisotopic (exact) mass is 313 g/mol. The van der Waals surface area contributed by atoms with Gasteiger partial charge in [-0.25, -0.2) is 17.5 Å². The highest BCUT2D eigenvalue weighted by Crippen LogP contribution is 2.20. The summed E-state index contributed by atoms with van der Waals surface area (Å²) in [4.78, 5) is 0.0875. The van der Waals surface area contributed by atoms with Crippen LogP contribution in [-0.2, 0) is 16.6 Å². The van der Waals surface area contributed by atoms with Gasteiger partial charge in [-0.2, -0.15) is 0 Å². The van der Waals surface area contributed by atoms with Gasteiger partial charge in [0.25, 0.3) is 0 Å². The maximum absolute atomic E-state index is 13.0. The molecule has 0 saturated heterocycles. The van der Waals surface area contributed by atoms with Gasteiger partial charge in [0.05, 0.1) is 4.90 Å². The van der Waals surface area contributed by atoms with Crippen molar-refractivity contribution in [3.63, 3.8) is 0 Å². The maximum Gasteiger partial charge on any atom is 0.240 e. The van der Waals surface area contributed by atoms with Crippen molar-refractivity contribution in [2.75, 3.05) is 0 Å². The average Bonchev–Trinajstić information content (AvgIpc) is 2.40. The highest BCUT2D eigenvalue weighted by atomic mass is 35.5. The molecule has 1 N–H and O–H groups in total. The number of rotatable bonds is 4. The minimum Gasteiger partial charge on any atom is -0.207 e. The van der Waals surface area contributed by atoms with Crippen LogP contribution in [-0.4, -0.2) is 8.42 Å². The van der Waals surface area contributed by atoms with Crippen LogP contribution in [0.1, 0.15) is 11.1 Å². The molecule has 2 aromatic rings. The summed E-state index contributed by atoms with van der Waals surface area (Å²) in [5, 5.41) is 0.388. The molecular weight excluding hydrogens is 301 g/mol. The molecule has 0 aromatic heterocycles. The number of halogens is 2. The Morgan fingerprint density at radius 1 is 1.20 bits per heavy atom. The van der Waals surface area contributed by atoms with Crippen LogP contribution in [0.2, 0.25) is 5.02 Å². The van der Waals surface area contributed by atoms with E-state index in [1.165, 1.54) is 30.3 Å². The summed E-state index contributed by atoms with van der Waals surface area (Å²) < 4.78 is 39.6. The molecule has 6 heteroatoms. The molecule has 0 aliphatic rings. The molecule has 0 saturated carbocycles. The minimum atomic E-state index is -3.67. The van der Waals surface area contributed by atoms with E-state index in [4.69, 9.17) is 11.6 Å². The Balaban J connectivity index is 2.17. The number of hydrogen-bond donors (Lipinski definition) is 1. The summed E-state index contributed by atoms with van der Waals surface area (Å²) in [5.41, 5.74) is 1.35. The first kappa shape index (κ1) is 15.0. The van der Waals surface area contributed by atoms with Gasteiger partial charge in [-0.1, -0.05) is 29.8 Å². The Bertz CT molecular complexity index is 732. The number of nitrogens with one attached hydrogen (secondary N) is 1. The topological polar surface area (TPSA) is 46.2 Å². The highest BCUT2D eigenvalue weighted by Gasteiger charge is 2.14. The van der Waals surface area contributed by atoms with E-state index in [-0.39, 0.29) is 11.4 Å². The third-order valence-corrected chi connectivity index (χ3v) is 4.62. The molecule has 106 valence electrons. The fourth-order valence-electron chi connectivity index (χ4n) is 1.65. The van der Waals surface area contributed by atoms with Crippen LogP contribution >= 0.6 is 11.6 Å². The molecule has 0 radical (unpaired) electrons. The van der Waals surface area contributed by atoms with Gasteiger partial charge in [0.1, 0.15) is 5.82 Å². The SMILES string of the molecule is Cc1ccc(S(=O)(=O)NCc2cccc(F)c2)cc1Cl. The van der Waals surface area contributed by atoms with Crippen molar-refractivity contribution in [1.82, 2.24) is 4.72 Å². The molecule has 20 heavy (non-hydrogen) atoms. The zero-order valence-electron chi connectivity index (χ0n) is 10.7. The van der Waals surface area contributed by atoms with Crippen molar-refractivity contribution in [3.8, 4) is 0 Å². The summed E-state index contributed by atoms with van der Waals surface area (Å²) in [7, 11) is -3.67. The zero-order chi connectivity index (χ0) is 14.8. The second kappa shape index (κ2) is 5.91. The van der Waals surface area contributed by atoms with Gasteiger partial charge in [-0.3, -0.25) is 0 Å². The summed E-state index contributed by atoms with van der Waals surface area (Å²) >= 11 is 5.92. The van der Waals surface area contributed by atoms with Gasteiger partial charge < -0.3 is 0 Å². The number of hydrogen-bond acceptors (Lipinski definition) is 2. The summed E-state index contributed by atoms with van der Waals surface area (Å²) in [6.45, 7) is 1.81. The smallest absolute Gasteiger partial charge is 0.207 e. The molecule has 0 aliphatic carbocycles. The molecule has 3 nitrogen and oxygen atoms in total. The summed E-state index contributed by atoms with van der Waals surface area (Å²) in [6.07, 6.45) is 0. The lowest BCUT2D eigenvalue weighted by Gasteiger charge is -2.08. The summed E-state index contributed by atoms with van der Waals surface area (Å²) in [5.74, 6) is -0.403. The Morgan fingerprint density at radius 2 is 1.95 bits per heavy atom.